The first kappa shape index (κ1) is 18.2. The highest BCUT2D eigenvalue weighted by atomic mass is 16.5. The van der Waals surface area contributed by atoms with Crippen LogP contribution in [0.25, 0.3) is 5.69 Å². The summed E-state index contributed by atoms with van der Waals surface area (Å²) in [5, 5.41) is 7.04. The Balaban J connectivity index is 1.79. The smallest absolute Gasteiger partial charge is 0.328 e. The maximum Gasteiger partial charge on any atom is 0.328 e. The van der Waals surface area contributed by atoms with Gasteiger partial charge in [-0.05, 0) is 19.1 Å². The minimum Gasteiger partial charge on any atom is -0.497 e. The molecule has 140 valence electrons. The predicted octanol–water partition coefficient (Wildman–Crippen LogP) is 0.759. The van der Waals surface area contributed by atoms with E-state index in [9.17, 15) is 14.4 Å². The van der Waals surface area contributed by atoms with Gasteiger partial charge in [0.2, 0.25) is 0 Å². The number of nitrogens with one attached hydrogen (secondary N) is 2. The van der Waals surface area contributed by atoms with Gasteiger partial charge >= 0.3 is 5.69 Å². The van der Waals surface area contributed by atoms with Crippen LogP contribution in [0.15, 0.2) is 52.4 Å². The van der Waals surface area contributed by atoms with Gasteiger partial charge in [0.1, 0.15) is 11.3 Å². The van der Waals surface area contributed by atoms with Crippen molar-refractivity contribution in [3.05, 3.63) is 74.8 Å². The summed E-state index contributed by atoms with van der Waals surface area (Å²) in [7, 11) is 3.04. The highest BCUT2D eigenvalue weighted by Gasteiger charge is 2.17. The second-order valence-electron chi connectivity index (χ2n) is 6.03. The van der Waals surface area contributed by atoms with Crippen LogP contribution in [0.3, 0.4) is 0 Å². The summed E-state index contributed by atoms with van der Waals surface area (Å²) < 4.78 is 8.01. The van der Waals surface area contributed by atoms with Crippen molar-refractivity contribution in [2.45, 2.75) is 13.0 Å². The Morgan fingerprint density at radius 1 is 1.30 bits per heavy atom. The van der Waals surface area contributed by atoms with Crippen molar-refractivity contribution in [1.29, 1.82) is 0 Å². The van der Waals surface area contributed by atoms with E-state index in [1.165, 1.54) is 13.2 Å². The molecule has 0 aliphatic carbocycles. The monoisotopic (exact) mass is 369 g/mol. The van der Waals surface area contributed by atoms with Crippen LogP contribution in [-0.2, 0) is 7.05 Å². The molecule has 0 aliphatic rings. The number of hydrogen-bond donors (Lipinski definition) is 2. The highest BCUT2D eigenvalue weighted by molar-refractivity contribution is 5.93. The van der Waals surface area contributed by atoms with Gasteiger partial charge < -0.3 is 14.6 Å². The first-order valence-corrected chi connectivity index (χ1v) is 8.19. The van der Waals surface area contributed by atoms with Crippen LogP contribution in [0.5, 0.6) is 5.75 Å². The second kappa shape index (κ2) is 7.32. The number of aromatic nitrogens is 4. The third-order valence-corrected chi connectivity index (χ3v) is 4.12. The van der Waals surface area contributed by atoms with Gasteiger partial charge in [0.15, 0.2) is 0 Å². The molecule has 0 saturated heterocycles. The Morgan fingerprint density at radius 3 is 2.81 bits per heavy atom. The van der Waals surface area contributed by atoms with Crippen LogP contribution < -0.4 is 21.3 Å². The molecule has 0 radical (unpaired) electrons. The van der Waals surface area contributed by atoms with Crippen LogP contribution in [0.1, 0.15) is 28.9 Å². The summed E-state index contributed by atoms with van der Waals surface area (Å²) in [6.07, 6.45) is 4.63. The van der Waals surface area contributed by atoms with Crippen LogP contribution in [0.2, 0.25) is 0 Å². The van der Waals surface area contributed by atoms with Gasteiger partial charge in [-0.3, -0.25) is 14.6 Å². The molecular weight excluding hydrogens is 350 g/mol. The lowest BCUT2D eigenvalue weighted by molar-refractivity contribution is 0.0937. The number of methoxy groups -OCH3 is 1. The zero-order valence-electron chi connectivity index (χ0n) is 15.1. The Kier molecular flexibility index (Phi) is 4.93. The van der Waals surface area contributed by atoms with Gasteiger partial charge in [0.25, 0.3) is 11.5 Å². The third kappa shape index (κ3) is 3.81. The molecule has 9 heteroatoms. The van der Waals surface area contributed by atoms with E-state index >= 15 is 0 Å². The number of amides is 1. The topological polar surface area (TPSA) is 111 Å². The Bertz CT molecular complexity index is 1100. The number of rotatable bonds is 5. The molecule has 3 rings (SSSR count). The van der Waals surface area contributed by atoms with Crippen molar-refractivity contribution < 1.29 is 9.53 Å². The largest absolute Gasteiger partial charge is 0.497 e. The minimum atomic E-state index is -0.727. The average Bonchev–Trinajstić information content (AvgIpc) is 3.15. The number of carbonyl (C=O) groups excluding carboxylic acids is 1. The number of aromatic amines is 1. The Morgan fingerprint density at radius 2 is 2.07 bits per heavy atom. The van der Waals surface area contributed by atoms with Gasteiger partial charge in [-0.2, -0.15) is 5.10 Å². The van der Waals surface area contributed by atoms with Gasteiger partial charge in [-0.25, -0.2) is 9.48 Å². The van der Waals surface area contributed by atoms with Gasteiger partial charge in [0.05, 0.1) is 25.0 Å². The maximum atomic E-state index is 12.4. The first-order valence-electron chi connectivity index (χ1n) is 8.19. The summed E-state index contributed by atoms with van der Waals surface area (Å²) >= 11 is 0. The number of nitrogens with zero attached hydrogens (tertiary/aromatic N) is 3. The molecule has 0 aliphatic heterocycles. The molecule has 9 nitrogen and oxygen atoms in total. The molecule has 0 unspecified atom stereocenters. The number of aryl methyl sites for hydroxylation is 1. The molecule has 1 amide bonds. The quantitative estimate of drug-likeness (QED) is 0.690. The normalized spacial score (nSPS) is 11.8. The molecule has 0 saturated carbocycles. The minimum absolute atomic E-state index is 0.135. The number of benzene rings is 1. The number of hydrogen-bond acceptors (Lipinski definition) is 5. The second-order valence-corrected chi connectivity index (χ2v) is 6.03. The standard InChI is InChI=1S/C18H19N5O4/c1-11(20-16(24)15-10-22(2)18(26)21-17(15)25)12-8-19-23(9-12)13-5-4-6-14(7-13)27-3/h4-11H,1-3H3,(H,20,24)(H,21,25,26)/t11-/m0/s1. The van der Waals surface area contributed by atoms with Crippen molar-refractivity contribution in [3.8, 4) is 11.4 Å². The van der Waals surface area contributed by atoms with E-state index in [1.54, 1.807) is 31.1 Å². The number of ether oxygens (including phenoxy) is 1. The van der Waals surface area contributed by atoms with Crippen LogP contribution in [0.4, 0.5) is 0 Å². The van der Waals surface area contributed by atoms with E-state index in [-0.39, 0.29) is 5.56 Å². The van der Waals surface area contributed by atoms with E-state index in [0.717, 1.165) is 15.8 Å². The predicted molar refractivity (Wildman–Crippen MR) is 98.3 cm³/mol. The average molecular weight is 369 g/mol. The molecule has 3 aromatic rings. The fourth-order valence-corrected chi connectivity index (χ4v) is 2.54. The van der Waals surface area contributed by atoms with Crippen molar-refractivity contribution in [2.75, 3.05) is 7.11 Å². The van der Waals surface area contributed by atoms with Gasteiger partial charge in [-0.15, -0.1) is 0 Å². The molecule has 0 bridgehead atoms. The molecule has 1 aromatic carbocycles. The van der Waals surface area contributed by atoms with E-state index in [0.29, 0.717) is 5.75 Å². The third-order valence-electron chi connectivity index (χ3n) is 4.12. The molecule has 2 N–H and O–H groups in total. The fraction of sp³-hybridized carbons (Fsp3) is 0.222. The summed E-state index contributed by atoms with van der Waals surface area (Å²) in [5.41, 5.74) is 0.129. The van der Waals surface area contributed by atoms with Crippen molar-refractivity contribution >= 4 is 5.91 Å². The van der Waals surface area contributed by atoms with E-state index < -0.39 is 23.2 Å². The highest BCUT2D eigenvalue weighted by Crippen LogP contribution is 2.18. The lowest BCUT2D eigenvalue weighted by Gasteiger charge is -2.12. The zero-order chi connectivity index (χ0) is 19.6. The Labute approximate surface area is 154 Å². The summed E-state index contributed by atoms with van der Waals surface area (Å²) in [6.45, 7) is 1.78. The summed E-state index contributed by atoms with van der Waals surface area (Å²) in [4.78, 5) is 37.7. The van der Waals surface area contributed by atoms with Gasteiger partial charge in [0, 0.05) is 31.1 Å². The van der Waals surface area contributed by atoms with Crippen LogP contribution >= 0.6 is 0 Å². The molecule has 27 heavy (non-hydrogen) atoms. The molecule has 2 aromatic heterocycles. The molecule has 1 atom stereocenters. The molecule has 0 spiro atoms. The van der Waals surface area contributed by atoms with Crippen LogP contribution in [0, 0.1) is 0 Å². The van der Waals surface area contributed by atoms with Gasteiger partial charge in [-0.1, -0.05) is 6.07 Å². The lowest BCUT2D eigenvalue weighted by Crippen LogP contribution is -2.36. The molecule has 2 heterocycles. The first-order chi connectivity index (χ1) is 12.9. The van der Waals surface area contributed by atoms with E-state index in [4.69, 9.17) is 4.74 Å². The fourth-order valence-electron chi connectivity index (χ4n) is 2.54. The van der Waals surface area contributed by atoms with Crippen LogP contribution in [-0.4, -0.2) is 32.3 Å². The van der Waals surface area contributed by atoms with Crippen molar-refractivity contribution in [3.63, 3.8) is 0 Å². The summed E-state index contributed by atoms with van der Waals surface area (Å²) in [5.74, 6) is 0.133. The summed E-state index contributed by atoms with van der Waals surface area (Å²) in [6, 6.07) is 7.01. The Hall–Kier alpha value is -3.62. The van der Waals surface area contributed by atoms with Crippen molar-refractivity contribution in [2.24, 2.45) is 7.05 Å². The number of carbonyl (C=O) groups is 1. The van der Waals surface area contributed by atoms with E-state index in [2.05, 4.69) is 15.4 Å². The number of H-pyrrole nitrogens is 1. The zero-order valence-corrected chi connectivity index (χ0v) is 15.1. The molecule has 0 fully saturated rings. The van der Waals surface area contributed by atoms with Crippen molar-refractivity contribution in [1.82, 2.24) is 24.6 Å². The maximum absolute atomic E-state index is 12.4. The SMILES string of the molecule is COc1cccc(-n2cc([C@H](C)NC(=O)c3cn(C)c(=O)[nH]c3=O)cn2)c1. The lowest BCUT2D eigenvalue weighted by atomic mass is 10.2. The molecular formula is C18H19N5O4. The van der Waals surface area contributed by atoms with E-state index in [1.807, 2.05) is 24.3 Å².